The monoisotopic (exact) mass is 348 g/mol. The lowest BCUT2D eigenvalue weighted by Gasteiger charge is -2.35. The number of rotatable bonds is 5. The van der Waals surface area contributed by atoms with Crippen LogP contribution in [0.5, 0.6) is 0 Å². The van der Waals surface area contributed by atoms with Crippen LogP contribution in [0.25, 0.3) is 0 Å². The highest BCUT2D eigenvalue weighted by atomic mass is 16.6. The first kappa shape index (κ1) is 18.9. The summed E-state index contributed by atoms with van der Waals surface area (Å²) in [7, 11) is 0. The third-order valence-electron chi connectivity index (χ3n) is 5.00. The standard InChI is InChI=1S/C18H24N2O5/c1-11-5-4-6-16(12(11)2)19-17(21)13(3)25-18(22)14-7-9-15(10-8-14)20(23)24/h7-13,16H,4-6H2,1-3H3,(H,19,21)/t11-,12-,13-,16+/m1/s1. The van der Waals surface area contributed by atoms with Gasteiger partial charge in [-0.05, 0) is 37.3 Å². The number of carbonyl (C=O) groups excluding carboxylic acids is 2. The van der Waals surface area contributed by atoms with E-state index in [1.165, 1.54) is 31.2 Å². The third-order valence-corrected chi connectivity index (χ3v) is 5.00. The van der Waals surface area contributed by atoms with Crippen LogP contribution in [0.2, 0.25) is 0 Å². The first-order chi connectivity index (χ1) is 11.8. The third kappa shape index (κ3) is 4.78. The molecule has 136 valence electrons. The van der Waals surface area contributed by atoms with E-state index in [0.29, 0.717) is 11.8 Å². The largest absolute Gasteiger partial charge is 0.449 e. The van der Waals surface area contributed by atoms with Crippen LogP contribution in [0, 0.1) is 22.0 Å². The molecule has 1 N–H and O–H groups in total. The minimum Gasteiger partial charge on any atom is -0.449 e. The maximum absolute atomic E-state index is 12.3. The number of amides is 1. The fourth-order valence-electron chi connectivity index (χ4n) is 3.09. The topological polar surface area (TPSA) is 98.5 Å². The predicted molar refractivity (Wildman–Crippen MR) is 92.1 cm³/mol. The number of hydrogen-bond donors (Lipinski definition) is 1. The van der Waals surface area contributed by atoms with Crippen molar-refractivity contribution in [1.29, 1.82) is 0 Å². The van der Waals surface area contributed by atoms with Gasteiger partial charge in [0.15, 0.2) is 6.10 Å². The predicted octanol–water partition coefficient (Wildman–Crippen LogP) is 3.08. The van der Waals surface area contributed by atoms with Crippen LogP contribution in [-0.4, -0.2) is 28.9 Å². The summed E-state index contributed by atoms with van der Waals surface area (Å²) in [6, 6.07) is 5.18. The molecule has 7 heteroatoms. The number of non-ortho nitro benzene ring substituents is 1. The molecule has 4 atom stereocenters. The van der Waals surface area contributed by atoms with Gasteiger partial charge in [0.2, 0.25) is 0 Å². The lowest BCUT2D eigenvalue weighted by Crippen LogP contribution is -2.47. The van der Waals surface area contributed by atoms with Gasteiger partial charge in [0.1, 0.15) is 0 Å². The molecule has 0 aliphatic heterocycles. The Labute approximate surface area is 146 Å². The lowest BCUT2D eigenvalue weighted by molar-refractivity contribution is -0.384. The molecule has 0 unspecified atom stereocenters. The van der Waals surface area contributed by atoms with Gasteiger partial charge in [0, 0.05) is 18.2 Å². The molecule has 0 aromatic heterocycles. The van der Waals surface area contributed by atoms with Crippen molar-refractivity contribution in [2.45, 2.75) is 52.2 Å². The zero-order valence-corrected chi connectivity index (χ0v) is 14.7. The molecule has 25 heavy (non-hydrogen) atoms. The second kappa shape index (κ2) is 8.09. The van der Waals surface area contributed by atoms with Crippen molar-refractivity contribution in [3.63, 3.8) is 0 Å². The van der Waals surface area contributed by atoms with Crippen molar-refractivity contribution in [1.82, 2.24) is 5.32 Å². The lowest BCUT2D eigenvalue weighted by atomic mass is 9.78. The molecule has 0 radical (unpaired) electrons. The summed E-state index contributed by atoms with van der Waals surface area (Å²) in [5, 5.41) is 13.6. The van der Waals surface area contributed by atoms with Gasteiger partial charge in [-0.15, -0.1) is 0 Å². The highest BCUT2D eigenvalue weighted by Gasteiger charge is 2.30. The van der Waals surface area contributed by atoms with Gasteiger partial charge in [-0.2, -0.15) is 0 Å². The summed E-state index contributed by atoms with van der Waals surface area (Å²) >= 11 is 0. The molecule has 7 nitrogen and oxygen atoms in total. The van der Waals surface area contributed by atoms with Crippen molar-refractivity contribution >= 4 is 17.6 Å². The zero-order valence-electron chi connectivity index (χ0n) is 14.7. The fourth-order valence-corrected chi connectivity index (χ4v) is 3.09. The van der Waals surface area contributed by atoms with E-state index in [0.717, 1.165) is 19.3 Å². The second-order valence-electron chi connectivity index (χ2n) is 6.73. The molecule has 0 saturated heterocycles. The van der Waals surface area contributed by atoms with Gasteiger partial charge in [-0.25, -0.2) is 4.79 Å². The van der Waals surface area contributed by atoms with Crippen molar-refractivity contribution in [3.05, 3.63) is 39.9 Å². The summed E-state index contributed by atoms with van der Waals surface area (Å²) in [6.07, 6.45) is 2.25. The van der Waals surface area contributed by atoms with Crippen LogP contribution in [0.15, 0.2) is 24.3 Å². The van der Waals surface area contributed by atoms with E-state index in [-0.39, 0.29) is 23.2 Å². The number of benzene rings is 1. The molecule has 1 aliphatic rings. The Balaban J connectivity index is 1.91. The second-order valence-corrected chi connectivity index (χ2v) is 6.73. The average molecular weight is 348 g/mol. The molecule has 0 spiro atoms. The Morgan fingerprint density at radius 3 is 2.48 bits per heavy atom. The zero-order chi connectivity index (χ0) is 18.6. The van der Waals surface area contributed by atoms with Gasteiger partial charge in [0.05, 0.1) is 10.5 Å². The molecule has 0 heterocycles. The van der Waals surface area contributed by atoms with Crippen LogP contribution in [0.4, 0.5) is 5.69 Å². The van der Waals surface area contributed by atoms with E-state index in [1.807, 2.05) is 0 Å². The van der Waals surface area contributed by atoms with Crippen molar-refractivity contribution in [2.75, 3.05) is 0 Å². The quantitative estimate of drug-likeness (QED) is 0.501. The minimum atomic E-state index is -0.924. The van der Waals surface area contributed by atoms with Crippen LogP contribution < -0.4 is 5.32 Å². The van der Waals surface area contributed by atoms with E-state index < -0.39 is 17.0 Å². The summed E-state index contributed by atoms with van der Waals surface area (Å²) in [4.78, 5) is 34.5. The number of esters is 1. The molecule has 1 fully saturated rings. The number of hydrogen-bond acceptors (Lipinski definition) is 5. The molecule has 1 aromatic carbocycles. The average Bonchev–Trinajstić information content (AvgIpc) is 2.58. The molecule has 2 rings (SSSR count). The SMILES string of the molecule is C[C@@H]1[C@H](C)CCC[C@@H]1NC(=O)[C@@H](C)OC(=O)c1ccc([N+](=O)[O-])cc1. The number of nitro groups is 1. The Morgan fingerprint density at radius 2 is 1.88 bits per heavy atom. The Morgan fingerprint density at radius 1 is 1.24 bits per heavy atom. The molecule has 1 aromatic rings. The number of nitrogens with one attached hydrogen (secondary N) is 1. The van der Waals surface area contributed by atoms with E-state index in [1.54, 1.807) is 0 Å². The normalized spacial score (nSPS) is 24.2. The number of nitro benzene ring substituents is 1. The summed E-state index contributed by atoms with van der Waals surface area (Å²) in [5.41, 5.74) is 0.0626. The van der Waals surface area contributed by atoms with Crippen LogP contribution >= 0.6 is 0 Å². The fraction of sp³-hybridized carbons (Fsp3) is 0.556. The van der Waals surface area contributed by atoms with E-state index in [4.69, 9.17) is 4.74 Å². The maximum Gasteiger partial charge on any atom is 0.338 e. The first-order valence-corrected chi connectivity index (χ1v) is 8.55. The van der Waals surface area contributed by atoms with Crippen LogP contribution in [0.3, 0.4) is 0 Å². The molecule has 1 saturated carbocycles. The number of ether oxygens (including phenoxy) is 1. The van der Waals surface area contributed by atoms with Crippen LogP contribution in [0.1, 0.15) is 50.4 Å². The van der Waals surface area contributed by atoms with Gasteiger partial charge in [-0.1, -0.05) is 26.7 Å². The number of carbonyl (C=O) groups is 2. The van der Waals surface area contributed by atoms with E-state index >= 15 is 0 Å². The molecular formula is C18H24N2O5. The van der Waals surface area contributed by atoms with Gasteiger partial charge >= 0.3 is 5.97 Å². The van der Waals surface area contributed by atoms with Gasteiger partial charge < -0.3 is 10.1 Å². The molecular weight excluding hydrogens is 324 g/mol. The maximum atomic E-state index is 12.3. The Hall–Kier alpha value is -2.44. The van der Waals surface area contributed by atoms with Crippen molar-refractivity contribution < 1.29 is 19.2 Å². The van der Waals surface area contributed by atoms with E-state index in [2.05, 4.69) is 19.2 Å². The number of nitrogens with zero attached hydrogens (tertiary/aromatic N) is 1. The highest BCUT2D eigenvalue weighted by molar-refractivity contribution is 5.92. The van der Waals surface area contributed by atoms with Crippen LogP contribution in [-0.2, 0) is 9.53 Å². The summed E-state index contributed by atoms with van der Waals surface area (Å²) < 4.78 is 5.18. The Kier molecular flexibility index (Phi) is 6.12. The van der Waals surface area contributed by atoms with Crippen molar-refractivity contribution in [2.24, 2.45) is 11.8 Å². The highest BCUT2D eigenvalue weighted by Crippen LogP contribution is 2.29. The van der Waals surface area contributed by atoms with Gasteiger partial charge in [-0.3, -0.25) is 14.9 Å². The van der Waals surface area contributed by atoms with Gasteiger partial charge in [0.25, 0.3) is 11.6 Å². The molecule has 1 amide bonds. The van der Waals surface area contributed by atoms with E-state index in [9.17, 15) is 19.7 Å². The first-order valence-electron chi connectivity index (χ1n) is 8.55. The molecule has 0 bridgehead atoms. The summed E-state index contributed by atoms with van der Waals surface area (Å²) in [6.45, 7) is 5.83. The summed E-state index contributed by atoms with van der Waals surface area (Å²) in [5.74, 6) is -0.0592. The minimum absolute atomic E-state index is 0.0942. The Bertz CT molecular complexity index is 643. The van der Waals surface area contributed by atoms with Crippen molar-refractivity contribution in [3.8, 4) is 0 Å². The smallest absolute Gasteiger partial charge is 0.338 e. The molecule has 1 aliphatic carbocycles.